The van der Waals surface area contributed by atoms with Gasteiger partial charge in [-0.25, -0.2) is 0 Å². The zero-order valence-corrected chi connectivity index (χ0v) is 16.6. The molecular weight excluding hydrogens is 389 g/mol. The standard InChI is InChI=1S/C20H17Cl2NO2S/c1-12-5-3-8-17(13(12)2)25-10-14-9-18(26-11-14)20(24)23-16-7-4-6-15(21)19(16)22/h3-9,11H,10H2,1-2H3,(H,23,24). The van der Waals surface area contributed by atoms with Gasteiger partial charge in [0.05, 0.1) is 20.6 Å². The Labute approximate surface area is 166 Å². The second-order valence-corrected chi connectivity index (χ2v) is 7.56. The normalized spacial score (nSPS) is 10.6. The fourth-order valence-electron chi connectivity index (χ4n) is 2.40. The quantitative estimate of drug-likeness (QED) is 0.525. The molecule has 0 aliphatic rings. The molecule has 1 N–H and O–H groups in total. The van der Waals surface area contributed by atoms with Crippen LogP contribution in [0.15, 0.2) is 47.8 Å². The van der Waals surface area contributed by atoms with E-state index in [0.717, 1.165) is 16.9 Å². The van der Waals surface area contributed by atoms with Gasteiger partial charge in [-0.05, 0) is 54.6 Å². The van der Waals surface area contributed by atoms with E-state index in [1.165, 1.54) is 16.9 Å². The second kappa shape index (κ2) is 8.12. The molecule has 2 aromatic carbocycles. The van der Waals surface area contributed by atoms with Crippen LogP contribution < -0.4 is 10.1 Å². The Morgan fingerprint density at radius 3 is 2.73 bits per heavy atom. The van der Waals surface area contributed by atoms with Gasteiger partial charge in [0.2, 0.25) is 0 Å². The van der Waals surface area contributed by atoms with E-state index in [1.807, 2.05) is 30.5 Å². The lowest BCUT2D eigenvalue weighted by Crippen LogP contribution is -2.10. The minimum atomic E-state index is -0.225. The lowest BCUT2D eigenvalue weighted by atomic mass is 10.1. The minimum Gasteiger partial charge on any atom is -0.489 e. The molecule has 1 heterocycles. The van der Waals surface area contributed by atoms with E-state index in [0.29, 0.717) is 27.2 Å². The molecule has 0 atom stereocenters. The number of benzene rings is 2. The van der Waals surface area contributed by atoms with Crippen LogP contribution in [0.5, 0.6) is 5.75 Å². The number of carbonyl (C=O) groups is 1. The van der Waals surface area contributed by atoms with Crippen LogP contribution >= 0.6 is 34.5 Å². The highest BCUT2D eigenvalue weighted by Gasteiger charge is 2.13. The van der Waals surface area contributed by atoms with Crippen LogP contribution in [0.25, 0.3) is 0 Å². The Hall–Kier alpha value is -2.01. The second-order valence-electron chi connectivity index (χ2n) is 5.86. The number of rotatable bonds is 5. The van der Waals surface area contributed by atoms with Crippen LogP contribution in [0.4, 0.5) is 5.69 Å². The highest BCUT2D eigenvalue weighted by Crippen LogP contribution is 2.30. The highest BCUT2D eigenvalue weighted by atomic mass is 35.5. The summed E-state index contributed by atoms with van der Waals surface area (Å²) >= 11 is 13.4. The van der Waals surface area contributed by atoms with Gasteiger partial charge in [-0.3, -0.25) is 4.79 Å². The summed E-state index contributed by atoms with van der Waals surface area (Å²) in [7, 11) is 0. The van der Waals surface area contributed by atoms with Crippen LogP contribution in [0.1, 0.15) is 26.4 Å². The molecule has 0 spiro atoms. The number of anilines is 1. The number of carbonyl (C=O) groups excluding carboxylic acids is 1. The van der Waals surface area contributed by atoms with Crippen LogP contribution in [-0.4, -0.2) is 5.91 Å². The third kappa shape index (κ3) is 4.21. The van der Waals surface area contributed by atoms with E-state index in [2.05, 4.69) is 18.3 Å². The lowest BCUT2D eigenvalue weighted by Gasteiger charge is -2.10. The van der Waals surface area contributed by atoms with Gasteiger partial charge in [-0.1, -0.05) is 41.4 Å². The topological polar surface area (TPSA) is 38.3 Å². The Morgan fingerprint density at radius 1 is 1.15 bits per heavy atom. The first-order chi connectivity index (χ1) is 12.5. The molecule has 0 aliphatic carbocycles. The molecule has 6 heteroatoms. The zero-order valence-electron chi connectivity index (χ0n) is 14.3. The molecule has 134 valence electrons. The molecule has 3 aromatic rings. The van der Waals surface area contributed by atoms with Gasteiger partial charge in [-0.15, -0.1) is 11.3 Å². The van der Waals surface area contributed by atoms with E-state index >= 15 is 0 Å². The van der Waals surface area contributed by atoms with Crippen LogP contribution in [0.3, 0.4) is 0 Å². The van der Waals surface area contributed by atoms with Crippen molar-refractivity contribution in [2.45, 2.75) is 20.5 Å². The van der Waals surface area contributed by atoms with E-state index in [4.69, 9.17) is 27.9 Å². The van der Waals surface area contributed by atoms with Gasteiger partial charge in [0, 0.05) is 5.56 Å². The van der Waals surface area contributed by atoms with Crippen molar-refractivity contribution in [1.82, 2.24) is 0 Å². The average molecular weight is 406 g/mol. The molecular formula is C20H17Cl2NO2S. The Bertz CT molecular complexity index is 953. The van der Waals surface area contributed by atoms with Crippen LogP contribution in [-0.2, 0) is 6.61 Å². The number of amides is 1. The summed E-state index contributed by atoms with van der Waals surface area (Å²) in [5, 5.41) is 5.43. The monoisotopic (exact) mass is 405 g/mol. The maximum atomic E-state index is 12.4. The zero-order chi connectivity index (χ0) is 18.7. The van der Waals surface area contributed by atoms with Crippen molar-refractivity contribution in [3.05, 3.63) is 79.5 Å². The minimum absolute atomic E-state index is 0.225. The van der Waals surface area contributed by atoms with Crippen molar-refractivity contribution in [2.24, 2.45) is 0 Å². The van der Waals surface area contributed by atoms with Crippen LogP contribution in [0, 0.1) is 13.8 Å². The van der Waals surface area contributed by atoms with E-state index in [9.17, 15) is 4.79 Å². The molecule has 0 saturated carbocycles. The summed E-state index contributed by atoms with van der Waals surface area (Å²) in [5.41, 5.74) is 3.74. The molecule has 1 amide bonds. The van der Waals surface area contributed by atoms with Crippen LogP contribution in [0.2, 0.25) is 10.0 Å². The van der Waals surface area contributed by atoms with Gasteiger partial charge in [0.25, 0.3) is 5.91 Å². The first kappa shape index (κ1) is 18.8. The fraction of sp³-hybridized carbons (Fsp3) is 0.150. The number of thiophene rings is 1. The van der Waals surface area contributed by atoms with Gasteiger partial charge in [0.1, 0.15) is 12.4 Å². The van der Waals surface area contributed by atoms with Crippen molar-refractivity contribution in [2.75, 3.05) is 5.32 Å². The number of hydrogen-bond acceptors (Lipinski definition) is 3. The molecule has 0 fully saturated rings. The first-order valence-electron chi connectivity index (χ1n) is 7.97. The highest BCUT2D eigenvalue weighted by molar-refractivity contribution is 7.12. The first-order valence-corrected chi connectivity index (χ1v) is 9.61. The fourth-order valence-corrected chi connectivity index (χ4v) is 3.54. The average Bonchev–Trinajstić information content (AvgIpc) is 3.09. The number of nitrogens with one attached hydrogen (secondary N) is 1. The van der Waals surface area contributed by atoms with Gasteiger partial charge in [0.15, 0.2) is 0 Å². The Kier molecular flexibility index (Phi) is 5.87. The maximum Gasteiger partial charge on any atom is 0.265 e. The number of halogens is 2. The smallest absolute Gasteiger partial charge is 0.265 e. The summed E-state index contributed by atoms with van der Waals surface area (Å²) < 4.78 is 5.89. The molecule has 3 nitrogen and oxygen atoms in total. The largest absolute Gasteiger partial charge is 0.489 e. The summed E-state index contributed by atoms with van der Waals surface area (Å²) in [6, 6.07) is 12.9. The van der Waals surface area contributed by atoms with Gasteiger partial charge in [-0.2, -0.15) is 0 Å². The molecule has 0 bridgehead atoms. The summed E-state index contributed by atoms with van der Waals surface area (Å²) in [6.45, 7) is 4.49. The molecule has 0 aliphatic heterocycles. The molecule has 1 aromatic heterocycles. The summed E-state index contributed by atoms with van der Waals surface area (Å²) in [6.07, 6.45) is 0. The van der Waals surface area contributed by atoms with E-state index < -0.39 is 0 Å². The van der Waals surface area contributed by atoms with Crippen molar-refractivity contribution in [1.29, 1.82) is 0 Å². The van der Waals surface area contributed by atoms with Crippen molar-refractivity contribution in [3.8, 4) is 5.75 Å². The Morgan fingerprint density at radius 2 is 1.92 bits per heavy atom. The molecule has 26 heavy (non-hydrogen) atoms. The molecule has 3 rings (SSSR count). The number of ether oxygens (including phenoxy) is 1. The SMILES string of the molecule is Cc1cccc(OCc2csc(C(=O)Nc3cccc(Cl)c3Cl)c2)c1C. The van der Waals surface area contributed by atoms with Crippen molar-refractivity contribution >= 4 is 46.1 Å². The predicted octanol–water partition coefficient (Wildman–Crippen LogP) is 6.50. The van der Waals surface area contributed by atoms with Crippen molar-refractivity contribution in [3.63, 3.8) is 0 Å². The maximum absolute atomic E-state index is 12.4. The van der Waals surface area contributed by atoms with E-state index in [1.54, 1.807) is 18.2 Å². The lowest BCUT2D eigenvalue weighted by molar-refractivity contribution is 0.103. The summed E-state index contributed by atoms with van der Waals surface area (Å²) in [5.74, 6) is 0.630. The molecule has 0 unspecified atom stereocenters. The predicted molar refractivity (Wildman–Crippen MR) is 109 cm³/mol. The molecule has 0 saturated heterocycles. The summed E-state index contributed by atoms with van der Waals surface area (Å²) in [4.78, 5) is 13.0. The van der Waals surface area contributed by atoms with Gasteiger partial charge < -0.3 is 10.1 Å². The number of aryl methyl sites for hydroxylation is 1. The number of hydrogen-bond donors (Lipinski definition) is 1. The third-order valence-corrected chi connectivity index (χ3v) is 5.82. The Balaban J connectivity index is 1.66. The third-order valence-electron chi connectivity index (χ3n) is 4.03. The van der Waals surface area contributed by atoms with Crippen molar-refractivity contribution < 1.29 is 9.53 Å². The molecule has 0 radical (unpaired) electrons. The van der Waals surface area contributed by atoms with Gasteiger partial charge >= 0.3 is 0 Å². The van der Waals surface area contributed by atoms with E-state index in [-0.39, 0.29) is 5.91 Å².